The second-order valence-corrected chi connectivity index (χ2v) is 5.25. The van der Waals surface area contributed by atoms with E-state index in [9.17, 15) is 4.79 Å². The Hall–Kier alpha value is -2.41. The summed E-state index contributed by atoms with van der Waals surface area (Å²) in [5, 5.41) is 8.72. The summed E-state index contributed by atoms with van der Waals surface area (Å²) in [4.78, 5) is 15.5. The molecule has 0 aromatic carbocycles. The van der Waals surface area contributed by atoms with Crippen LogP contribution in [0.5, 0.6) is 0 Å². The lowest BCUT2D eigenvalue weighted by Gasteiger charge is -2.05. The van der Waals surface area contributed by atoms with Crippen LogP contribution in [0.15, 0.2) is 51.2 Å². The highest BCUT2D eigenvalue weighted by Crippen LogP contribution is 2.30. The number of Topliss-reactive ketones (excluding diaryl/α,β-unsaturated/α-hetero) is 1. The van der Waals surface area contributed by atoms with E-state index in [-0.39, 0.29) is 5.78 Å². The maximum atomic E-state index is 11.1. The Bertz CT molecular complexity index is 739. The van der Waals surface area contributed by atoms with Crippen LogP contribution in [-0.2, 0) is 4.79 Å². The third-order valence-electron chi connectivity index (χ3n) is 2.66. The third-order valence-corrected chi connectivity index (χ3v) is 3.64. The molecular formula is C14H11N3O3S. The maximum Gasteiger partial charge on any atom is 0.210 e. The lowest BCUT2D eigenvalue weighted by Crippen LogP contribution is -2.00. The topological polar surface area (TPSA) is 82.0 Å². The lowest BCUT2D eigenvalue weighted by molar-refractivity contribution is -0.114. The quantitative estimate of drug-likeness (QED) is 0.670. The minimum atomic E-state index is 0.0624. The van der Waals surface area contributed by atoms with E-state index in [2.05, 4.69) is 15.2 Å². The number of carbonyl (C=O) groups is 1. The van der Waals surface area contributed by atoms with Gasteiger partial charge < -0.3 is 8.83 Å². The van der Waals surface area contributed by atoms with Gasteiger partial charge in [0.15, 0.2) is 0 Å². The molecule has 0 fully saturated rings. The average Bonchev–Trinajstić information content (AvgIpc) is 3.17. The summed E-state index contributed by atoms with van der Waals surface area (Å²) >= 11 is 1.26. The monoisotopic (exact) mass is 301 g/mol. The molecule has 0 aliphatic rings. The summed E-state index contributed by atoms with van der Waals surface area (Å²) in [7, 11) is 0. The molecule has 6 nitrogen and oxygen atoms in total. The van der Waals surface area contributed by atoms with Gasteiger partial charge in [-0.1, -0.05) is 11.8 Å². The average molecular weight is 301 g/mol. The van der Waals surface area contributed by atoms with E-state index in [1.807, 2.05) is 0 Å². The zero-order chi connectivity index (χ0) is 14.7. The molecule has 0 radical (unpaired) electrons. The predicted molar refractivity (Wildman–Crippen MR) is 76.6 cm³/mol. The van der Waals surface area contributed by atoms with Gasteiger partial charge in [0.1, 0.15) is 17.2 Å². The molecule has 3 aromatic rings. The van der Waals surface area contributed by atoms with E-state index >= 15 is 0 Å². The third kappa shape index (κ3) is 3.03. The van der Waals surface area contributed by atoms with Crippen LogP contribution in [0.4, 0.5) is 0 Å². The number of aromatic nitrogens is 3. The van der Waals surface area contributed by atoms with Crippen molar-refractivity contribution in [3.05, 3.63) is 37.2 Å². The fourth-order valence-electron chi connectivity index (χ4n) is 1.73. The van der Waals surface area contributed by atoms with Gasteiger partial charge in [-0.3, -0.25) is 4.79 Å². The standard InChI is InChI=1S/C14H11N3O3S/c1-9(18)8-21-14-15-12(10-2-4-19-6-10)13(16-17-14)11-3-5-20-7-11/h2-7H,8H2,1H3. The lowest BCUT2D eigenvalue weighted by atomic mass is 10.1. The van der Waals surface area contributed by atoms with E-state index in [0.717, 1.165) is 11.1 Å². The molecule has 0 spiro atoms. The fourth-order valence-corrected chi connectivity index (χ4v) is 2.32. The van der Waals surface area contributed by atoms with Crippen LogP contribution >= 0.6 is 11.8 Å². The molecule has 0 unspecified atom stereocenters. The van der Waals surface area contributed by atoms with Gasteiger partial charge in [-0.15, -0.1) is 10.2 Å². The highest BCUT2D eigenvalue weighted by atomic mass is 32.2. The summed E-state index contributed by atoms with van der Waals surface area (Å²) in [5.41, 5.74) is 2.84. The van der Waals surface area contributed by atoms with Crippen molar-refractivity contribution >= 4 is 17.5 Å². The number of furan rings is 2. The van der Waals surface area contributed by atoms with E-state index in [1.165, 1.54) is 18.7 Å². The normalized spacial score (nSPS) is 10.7. The van der Waals surface area contributed by atoms with Gasteiger partial charge in [0.05, 0.1) is 30.8 Å². The summed E-state index contributed by atoms with van der Waals surface area (Å²) in [6.45, 7) is 1.53. The van der Waals surface area contributed by atoms with E-state index < -0.39 is 0 Å². The van der Waals surface area contributed by atoms with E-state index in [4.69, 9.17) is 8.83 Å². The Morgan fingerprint density at radius 2 is 1.76 bits per heavy atom. The Morgan fingerprint density at radius 1 is 1.10 bits per heavy atom. The van der Waals surface area contributed by atoms with Crippen molar-refractivity contribution in [1.29, 1.82) is 0 Å². The first-order valence-electron chi connectivity index (χ1n) is 6.16. The minimum absolute atomic E-state index is 0.0624. The molecule has 3 aromatic heterocycles. The Labute approximate surface area is 124 Å². The molecule has 0 atom stereocenters. The van der Waals surface area contributed by atoms with Crippen molar-refractivity contribution in [1.82, 2.24) is 15.2 Å². The molecule has 0 saturated carbocycles. The summed E-state index contributed by atoms with van der Waals surface area (Å²) < 4.78 is 10.2. The van der Waals surface area contributed by atoms with Gasteiger partial charge in [0.2, 0.25) is 5.16 Å². The number of thioether (sulfide) groups is 1. The zero-order valence-corrected chi connectivity index (χ0v) is 12.0. The van der Waals surface area contributed by atoms with Gasteiger partial charge in [0.25, 0.3) is 0 Å². The Balaban J connectivity index is 2.03. The van der Waals surface area contributed by atoms with Crippen LogP contribution in [0.1, 0.15) is 6.92 Å². The van der Waals surface area contributed by atoms with Gasteiger partial charge in [-0.25, -0.2) is 4.98 Å². The fraction of sp³-hybridized carbons (Fsp3) is 0.143. The molecule has 3 heterocycles. The minimum Gasteiger partial charge on any atom is -0.472 e. The van der Waals surface area contributed by atoms with Crippen LogP contribution in [-0.4, -0.2) is 26.7 Å². The molecule has 106 valence electrons. The van der Waals surface area contributed by atoms with Crippen LogP contribution in [0.25, 0.3) is 22.5 Å². The predicted octanol–water partition coefficient (Wildman–Crippen LogP) is 3.07. The van der Waals surface area contributed by atoms with Crippen molar-refractivity contribution in [3.8, 4) is 22.5 Å². The van der Waals surface area contributed by atoms with E-state index in [0.29, 0.717) is 22.3 Å². The van der Waals surface area contributed by atoms with Crippen molar-refractivity contribution in [2.45, 2.75) is 12.1 Å². The molecule has 21 heavy (non-hydrogen) atoms. The van der Waals surface area contributed by atoms with Crippen molar-refractivity contribution in [2.75, 3.05) is 5.75 Å². The van der Waals surface area contributed by atoms with Gasteiger partial charge in [-0.05, 0) is 19.1 Å². The summed E-state index contributed by atoms with van der Waals surface area (Å²) in [6, 6.07) is 3.59. The largest absolute Gasteiger partial charge is 0.472 e. The van der Waals surface area contributed by atoms with Crippen LogP contribution in [0, 0.1) is 0 Å². The number of ketones is 1. The molecule has 0 bridgehead atoms. The molecule has 7 heteroatoms. The summed E-state index contributed by atoms with van der Waals surface area (Å²) in [6.07, 6.45) is 6.30. The Morgan fingerprint density at radius 3 is 2.33 bits per heavy atom. The summed E-state index contributed by atoms with van der Waals surface area (Å²) in [5.74, 6) is 0.379. The highest BCUT2D eigenvalue weighted by molar-refractivity contribution is 7.99. The number of hydrogen-bond acceptors (Lipinski definition) is 7. The SMILES string of the molecule is CC(=O)CSc1nnc(-c2ccoc2)c(-c2ccoc2)n1. The van der Waals surface area contributed by atoms with Crippen molar-refractivity contribution in [3.63, 3.8) is 0 Å². The highest BCUT2D eigenvalue weighted by Gasteiger charge is 2.15. The van der Waals surface area contributed by atoms with Gasteiger partial charge in [-0.2, -0.15) is 0 Å². The first-order valence-corrected chi connectivity index (χ1v) is 7.14. The van der Waals surface area contributed by atoms with Crippen LogP contribution < -0.4 is 0 Å². The molecule has 0 aliphatic carbocycles. The van der Waals surface area contributed by atoms with Crippen LogP contribution in [0.2, 0.25) is 0 Å². The molecule has 0 aliphatic heterocycles. The molecule has 0 amide bonds. The second kappa shape index (κ2) is 5.92. The van der Waals surface area contributed by atoms with Crippen LogP contribution in [0.3, 0.4) is 0 Å². The van der Waals surface area contributed by atoms with Crippen molar-refractivity contribution in [2.24, 2.45) is 0 Å². The second-order valence-electron chi connectivity index (χ2n) is 4.31. The zero-order valence-electron chi connectivity index (χ0n) is 11.1. The number of carbonyl (C=O) groups excluding carboxylic acids is 1. The molecular weight excluding hydrogens is 290 g/mol. The van der Waals surface area contributed by atoms with Gasteiger partial charge in [0, 0.05) is 11.1 Å². The first kappa shape index (κ1) is 13.6. The first-order chi connectivity index (χ1) is 10.2. The molecule has 0 saturated heterocycles. The molecule has 0 N–H and O–H groups in total. The Kier molecular flexibility index (Phi) is 3.83. The maximum absolute atomic E-state index is 11.1. The molecule has 3 rings (SSSR count). The number of rotatable bonds is 5. The number of nitrogens with zero attached hydrogens (tertiary/aromatic N) is 3. The number of hydrogen-bond donors (Lipinski definition) is 0. The van der Waals surface area contributed by atoms with Crippen molar-refractivity contribution < 1.29 is 13.6 Å². The smallest absolute Gasteiger partial charge is 0.210 e. The van der Waals surface area contributed by atoms with E-state index in [1.54, 1.807) is 37.2 Å². The van der Waals surface area contributed by atoms with Gasteiger partial charge >= 0.3 is 0 Å².